The molecule has 0 radical (unpaired) electrons. The van der Waals surface area contributed by atoms with Crippen molar-refractivity contribution in [2.45, 2.75) is 39.2 Å². The lowest BCUT2D eigenvalue weighted by molar-refractivity contribution is 0.335. The minimum Gasteiger partial charge on any atom is -0.494 e. The maximum atomic E-state index is 14.8. The van der Waals surface area contributed by atoms with E-state index >= 15 is 0 Å². The van der Waals surface area contributed by atoms with Crippen LogP contribution >= 0.6 is 0 Å². The summed E-state index contributed by atoms with van der Waals surface area (Å²) in [7, 11) is 0. The quantitative estimate of drug-likeness (QED) is 0.369. The first kappa shape index (κ1) is 22.7. The molecule has 5 rings (SSSR count). The summed E-state index contributed by atoms with van der Waals surface area (Å²) in [6, 6.07) is 7.65. The Labute approximate surface area is 201 Å². The van der Waals surface area contributed by atoms with E-state index in [9.17, 15) is 8.78 Å². The van der Waals surface area contributed by atoms with Gasteiger partial charge in [0.1, 0.15) is 34.7 Å². The number of benzene rings is 1. The van der Waals surface area contributed by atoms with Crippen molar-refractivity contribution in [3.63, 3.8) is 0 Å². The number of halogens is 2. The van der Waals surface area contributed by atoms with Crippen LogP contribution in [-0.2, 0) is 6.54 Å². The molecule has 3 N–H and O–H groups in total. The second kappa shape index (κ2) is 9.28. The third-order valence-corrected chi connectivity index (χ3v) is 5.85. The molecule has 0 saturated heterocycles. The Bertz CT molecular complexity index is 1350. The van der Waals surface area contributed by atoms with E-state index in [-0.39, 0.29) is 29.6 Å². The van der Waals surface area contributed by atoms with Crippen molar-refractivity contribution in [3.8, 4) is 17.3 Å². The van der Waals surface area contributed by atoms with E-state index in [2.05, 4.69) is 20.3 Å². The van der Waals surface area contributed by atoms with E-state index in [0.29, 0.717) is 23.9 Å². The van der Waals surface area contributed by atoms with Crippen LogP contribution in [0, 0.1) is 18.6 Å². The van der Waals surface area contributed by atoms with Gasteiger partial charge in [0.05, 0.1) is 13.2 Å². The molecule has 3 aromatic heterocycles. The fourth-order valence-electron chi connectivity index (χ4n) is 4.12. The van der Waals surface area contributed by atoms with E-state index < -0.39 is 11.6 Å². The average molecular weight is 478 g/mol. The van der Waals surface area contributed by atoms with Crippen LogP contribution in [0.4, 0.5) is 26.1 Å². The highest BCUT2D eigenvalue weighted by atomic mass is 19.1. The van der Waals surface area contributed by atoms with Gasteiger partial charge in [-0.15, -0.1) is 0 Å². The lowest BCUT2D eigenvalue weighted by Gasteiger charge is -2.11. The zero-order chi connectivity index (χ0) is 24.5. The van der Waals surface area contributed by atoms with Crippen LogP contribution in [-0.4, -0.2) is 31.3 Å². The summed E-state index contributed by atoms with van der Waals surface area (Å²) in [4.78, 5) is 13.0. The van der Waals surface area contributed by atoms with Gasteiger partial charge in [0.15, 0.2) is 5.82 Å². The molecule has 1 aromatic carbocycles. The Balaban J connectivity index is 1.52. The lowest BCUT2D eigenvalue weighted by atomic mass is 10.1. The van der Waals surface area contributed by atoms with Gasteiger partial charge in [-0.2, -0.15) is 5.10 Å². The third kappa shape index (κ3) is 4.77. The SMILES string of the molecule is CCOc1cc(F)c(Cn2nc(-c3nc(N)cc(Nc4ccncc4)n3)c(C)c2C2CC2)c(F)c1. The molecule has 1 aliphatic rings. The van der Waals surface area contributed by atoms with E-state index in [1.54, 1.807) is 30.1 Å². The molecule has 0 amide bonds. The monoisotopic (exact) mass is 477 g/mol. The van der Waals surface area contributed by atoms with Crippen molar-refractivity contribution in [3.05, 3.63) is 71.2 Å². The first-order valence-corrected chi connectivity index (χ1v) is 11.4. The molecule has 1 saturated carbocycles. The smallest absolute Gasteiger partial charge is 0.184 e. The van der Waals surface area contributed by atoms with Gasteiger partial charge in [0.2, 0.25) is 0 Å². The molecule has 10 heteroatoms. The Hall–Kier alpha value is -4.08. The second-order valence-corrected chi connectivity index (χ2v) is 8.45. The zero-order valence-corrected chi connectivity index (χ0v) is 19.4. The summed E-state index contributed by atoms with van der Waals surface area (Å²) >= 11 is 0. The first-order valence-electron chi connectivity index (χ1n) is 11.4. The van der Waals surface area contributed by atoms with Crippen LogP contribution in [0.1, 0.15) is 42.5 Å². The molecule has 0 bridgehead atoms. The van der Waals surface area contributed by atoms with Crippen LogP contribution in [0.15, 0.2) is 42.7 Å². The first-order chi connectivity index (χ1) is 16.9. The van der Waals surface area contributed by atoms with Crippen LogP contribution in [0.3, 0.4) is 0 Å². The molecule has 0 spiro atoms. The number of pyridine rings is 1. The van der Waals surface area contributed by atoms with Gasteiger partial charge in [-0.25, -0.2) is 18.7 Å². The predicted molar refractivity (Wildman–Crippen MR) is 129 cm³/mol. The summed E-state index contributed by atoms with van der Waals surface area (Å²) < 4.78 is 36.5. The van der Waals surface area contributed by atoms with E-state index in [4.69, 9.17) is 15.6 Å². The highest BCUT2D eigenvalue weighted by Gasteiger charge is 2.32. The summed E-state index contributed by atoms with van der Waals surface area (Å²) in [6.45, 7) is 3.96. The zero-order valence-electron chi connectivity index (χ0n) is 19.4. The van der Waals surface area contributed by atoms with Gasteiger partial charge in [-0.05, 0) is 38.8 Å². The number of nitrogens with two attached hydrogens (primary N) is 1. The van der Waals surface area contributed by atoms with Crippen molar-refractivity contribution in [1.82, 2.24) is 24.7 Å². The van der Waals surface area contributed by atoms with Crippen molar-refractivity contribution >= 4 is 17.3 Å². The molecule has 4 aromatic rings. The Morgan fingerprint density at radius 3 is 2.49 bits per heavy atom. The van der Waals surface area contributed by atoms with Gasteiger partial charge >= 0.3 is 0 Å². The number of nitrogens with one attached hydrogen (secondary N) is 1. The molecule has 35 heavy (non-hydrogen) atoms. The molecule has 3 heterocycles. The lowest BCUT2D eigenvalue weighted by Crippen LogP contribution is -2.10. The minimum atomic E-state index is -0.672. The van der Waals surface area contributed by atoms with Gasteiger partial charge in [0.25, 0.3) is 0 Å². The van der Waals surface area contributed by atoms with Crippen LogP contribution < -0.4 is 15.8 Å². The molecule has 0 atom stereocenters. The Kier molecular flexibility index (Phi) is 6.02. The summed E-state index contributed by atoms with van der Waals surface area (Å²) in [6.07, 6.45) is 5.32. The number of nitrogens with zero attached hydrogens (tertiary/aromatic N) is 5. The van der Waals surface area contributed by atoms with E-state index in [1.807, 2.05) is 19.1 Å². The van der Waals surface area contributed by atoms with Crippen molar-refractivity contribution < 1.29 is 13.5 Å². The molecular formula is C25H25F2N7O. The third-order valence-electron chi connectivity index (χ3n) is 5.85. The number of hydrogen-bond donors (Lipinski definition) is 2. The number of aromatic nitrogens is 5. The molecule has 1 fully saturated rings. The maximum absolute atomic E-state index is 14.8. The maximum Gasteiger partial charge on any atom is 0.184 e. The highest BCUT2D eigenvalue weighted by molar-refractivity contribution is 5.64. The summed E-state index contributed by atoms with van der Waals surface area (Å²) in [5.74, 6) is 0.213. The number of anilines is 3. The van der Waals surface area contributed by atoms with Crippen LogP contribution in [0.25, 0.3) is 11.5 Å². The number of ether oxygens (including phenoxy) is 1. The Morgan fingerprint density at radius 1 is 1.11 bits per heavy atom. The number of nitrogen functional groups attached to an aromatic ring is 1. The number of hydrogen-bond acceptors (Lipinski definition) is 7. The normalized spacial score (nSPS) is 13.1. The van der Waals surface area contributed by atoms with Crippen LogP contribution in [0.5, 0.6) is 5.75 Å². The summed E-state index contributed by atoms with van der Waals surface area (Å²) in [5, 5.41) is 7.89. The van der Waals surface area contributed by atoms with Crippen molar-refractivity contribution in [2.75, 3.05) is 17.7 Å². The van der Waals surface area contributed by atoms with Gasteiger partial charge < -0.3 is 15.8 Å². The molecular weight excluding hydrogens is 452 g/mol. The molecule has 0 unspecified atom stereocenters. The fraction of sp³-hybridized carbons (Fsp3) is 0.280. The van der Waals surface area contributed by atoms with Crippen molar-refractivity contribution in [1.29, 1.82) is 0 Å². The standard InChI is InChI=1S/C25H25F2N7O/c1-3-35-17-10-19(26)18(20(27)11-17)13-34-24(15-4-5-15)14(2)23(33-34)25-31-21(28)12-22(32-25)30-16-6-8-29-9-7-16/h6-12,15H,3-5,13H2,1-2H3,(H3,28,29,30,31,32). The molecule has 180 valence electrons. The molecule has 0 aliphatic heterocycles. The Morgan fingerprint density at radius 2 is 1.83 bits per heavy atom. The van der Waals surface area contributed by atoms with E-state index in [0.717, 1.165) is 29.8 Å². The molecule has 8 nitrogen and oxygen atoms in total. The minimum absolute atomic E-state index is 0.0544. The van der Waals surface area contributed by atoms with E-state index in [1.165, 1.54) is 12.1 Å². The largest absolute Gasteiger partial charge is 0.494 e. The highest BCUT2D eigenvalue weighted by Crippen LogP contribution is 2.44. The van der Waals surface area contributed by atoms with Gasteiger partial charge in [-0.1, -0.05) is 0 Å². The molecule has 1 aliphatic carbocycles. The fourth-order valence-corrected chi connectivity index (χ4v) is 4.12. The van der Waals surface area contributed by atoms with Gasteiger partial charge in [0, 0.05) is 59.0 Å². The summed E-state index contributed by atoms with van der Waals surface area (Å²) in [5.41, 5.74) is 9.14. The van der Waals surface area contributed by atoms with Gasteiger partial charge in [-0.3, -0.25) is 9.67 Å². The van der Waals surface area contributed by atoms with Crippen LogP contribution in [0.2, 0.25) is 0 Å². The average Bonchev–Trinajstić information content (AvgIpc) is 3.59. The second-order valence-electron chi connectivity index (χ2n) is 8.45. The van der Waals surface area contributed by atoms with Crippen molar-refractivity contribution in [2.24, 2.45) is 0 Å². The number of rotatable bonds is 8. The predicted octanol–water partition coefficient (Wildman–Crippen LogP) is 4.97. The topological polar surface area (TPSA) is 104 Å².